The lowest BCUT2D eigenvalue weighted by molar-refractivity contribution is 0.831. The van der Waals surface area contributed by atoms with Crippen LogP contribution in [0.4, 0.5) is 0 Å². The highest BCUT2D eigenvalue weighted by atomic mass is 32.1. The van der Waals surface area contributed by atoms with Gasteiger partial charge >= 0.3 is 0 Å². The molecule has 6 heteroatoms. The molecule has 0 radical (unpaired) electrons. The lowest BCUT2D eigenvalue weighted by atomic mass is 10.1. The average molecular weight is 318 g/mol. The van der Waals surface area contributed by atoms with Crippen LogP contribution in [-0.2, 0) is 0 Å². The summed E-state index contributed by atoms with van der Waals surface area (Å²) in [7, 11) is 0. The van der Waals surface area contributed by atoms with Crippen molar-refractivity contribution in [3.8, 4) is 11.3 Å². The first-order chi connectivity index (χ1) is 11.3. The van der Waals surface area contributed by atoms with Gasteiger partial charge in [0.1, 0.15) is 10.4 Å². The summed E-state index contributed by atoms with van der Waals surface area (Å²) in [5.74, 6) is 0. The van der Waals surface area contributed by atoms with Gasteiger partial charge in [-0.2, -0.15) is 9.61 Å². The predicted molar refractivity (Wildman–Crippen MR) is 91.9 cm³/mol. The van der Waals surface area contributed by atoms with Crippen molar-refractivity contribution in [2.45, 2.75) is 0 Å². The van der Waals surface area contributed by atoms with Gasteiger partial charge < -0.3 is 0 Å². The Morgan fingerprint density at radius 2 is 1.78 bits per heavy atom. The number of thiophene rings is 1. The Labute approximate surface area is 133 Å². The molecule has 3 aromatic heterocycles. The lowest BCUT2D eigenvalue weighted by Gasteiger charge is -1.97. The summed E-state index contributed by atoms with van der Waals surface area (Å²) in [6.07, 6.45) is 0. The van der Waals surface area contributed by atoms with E-state index in [1.807, 2.05) is 54.6 Å². The molecule has 0 fully saturated rings. The molecule has 0 aliphatic heterocycles. The minimum Gasteiger partial charge on any atom is -0.266 e. The molecule has 0 amide bonds. The fraction of sp³-hybridized carbons (Fsp3) is 0. The molecule has 0 atom stereocenters. The maximum atomic E-state index is 12.8. The monoisotopic (exact) mass is 318 g/mol. The van der Waals surface area contributed by atoms with Crippen LogP contribution in [0.25, 0.3) is 37.2 Å². The number of rotatable bonds is 1. The maximum Gasteiger partial charge on any atom is 0.292 e. The van der Waals surface area contributed by atoms with E-state index in [0.29, 0.717) is 16.0 Å². The molecule has 5 rings (SSSR count). The van der Waals surface area contributed by atoms with Crippen molar-refractivity contribution in [2.24, 2.45) is 0 Å². The maximum absolute atomic E-state index is 12.8. The number of aromatic nitrogens is 4. The largest absolute Gasteiger partial charge is 0.292 e. The standard InChI is InChI=1S/C17H10N4OS/c22-17-15-14(11-8-4-5-9-12(11)23-15)18-16-13(19-20-21(16)17)10-6-2-1-3-7-10/h1-9,20H. The molecule has 0 spiro atoms. The Morgan fingerprint density at radius 1 is 1.00 bits per heavy atom. The summed E-state index contributed by atoms with van der Waals surface area (Å²) in [4.78, 5) is 17.5. The van der Waals surface area contributed by atoms with E-state index in [1.54, 1.807) is 0 Å². The van der Waals surface area contributed by atoms with Crippen LogP contribution >= 0.6 is 11.3 Å². The van der Waals surface area contributed by atoms with Gasteiger partial charge in [0.2, 0.25) is 0 Å². The van der Waals surface area contributed by atoms with Crippen LogP contribution < -0.4 is 5.56 Å². The molecule has 0 aliphatic carbocycles. The van der Waals surface area contributed by atoms with Gasteiger partial charge in [0.05, 0.1) is 5.52 Å². The van der Waals surface area contributed by atoms with Gasteiger partial charge in [-0.05, 0) is 6.07 Å². The second kappa shape index (κ2) is 4.50. The summed E-state index contributed by atoms with van der Waals surface area (Å²) < 4.78 is 3.13. The van der Waals surface area contributed by atoms with Gasteiger partial charge in [-0.25, -0.2) is 10.2 Å². The fourth-order valence-corrected chi connectivity index (χ4v) is 3.90. The molecule has 0 aliphatic rings. The molecule has 0 bridgehead atoms. The van der Waals surface area contributed by atoms with Crippen LogP contribution in [0.3, 0.4) is 0 Å². The number of aromatic amines is 1. The highest BCUT2D eigenvalue weighted by Crippen LogP contribution is 2.31. The summed E-state index contributed by atoms with van der Waals surface area (Å²) in [6, 6.07) is 17.7. The zero-order valence-corrected chi connectivity index (χ0v) is 12.7. The number of nitrogens with zero attached hydrogens (tertiary/aromatic N) is 3. The molecular weight excluding hydrogens is 308 g/mol. The number of hydrogen-bond donors (Lipinski definition) is 1. The molecule has 1 N–H and O–H groups in total. The molecule has 5 nitrogen and oxygen atoms in total. The zero-order valence-electron chi connectivity index (χ0n) is 11.9. The molecular formula is C17H10N4OS. The van der Waals surface area contributed by atoms with Gasteiger partial charge in [0.25, 0.3) is 5.56 Å². The number of benzene rings is 2. The number of nitrogens with one attached hydrogen (secondary N) is 1. The van der Waals surface area contributed by atoms with Crippen molar-refractivity contribution >= 4 is 37.3 Å². The topological polar surface area (TPSA) is 63.0 Å². The Balaban J connectivity index is 1.96. The summed E-state index contributed by atoms with van der Waals surface area (Å²) in [6.45, 7) is 0. The summed E-state index contributed by atoms with van der Waals surface area (Å²) >= 11 is 1.46. The average Bonchev–Trinajstić information content (AvgIpc) is 3.18. The van der Waals surface area contributed by atoms with Crippen molar-refractivity contribution in [2.75, 3.05) is 0 Å². The molecule has 0 unspecified atom stereocenters. The number of fused-ring (bicyclic) bond motifs is 4. The summed E-state index contributed by atoms with van der Waals surface area (Å²) in [5.41, 5.74) is 2.80. The number of H-pyrrole nitrogens is 1. The van der Waals surface area contributed by atoms with E-state index in [-0.39, 0.29) is 5.56 Å². The lowest BCUT2D eigenvalue weighted by Crippen LogP contribution is -2.14. The van der Waals surface area contributed by atoms with E-state index < -0.39 is 0 Å². The third-order valence-electron chi connectivity index (χ3n) is 3.92. The van der Waals surface area contributed by atoms with Gasteiger partial charge in [0.15, 0.2) is 5.65 Å². The first-order valence-electron chi connectivity index (χ1n) is 7.17. The molecule has 110 valence electrons. The van der Waals surface area contributed by atoms with Crippen LogP contribution in [0.5, 0.6) is 0 Å². The van der Waals surface area contributed by atoms with E-state index in [9.17, 15) is 4.79 Å². The zero-order chi connectivity index (χ0) is 15.4. The van der Waals surface area contributed by atoms with Crippen molar-refractivity contribution in [1.82, 2.24) is 19.8 Å². The van der Waals surface area contributed by atoms with Crippen LogP contribution in [-0.4, -0.2) is 19.8 Å². The van der Waals surface area contributed by atoms with Gasteiger partial charge in [-0.15, -0.1) is 11.3 Å². The molecule has 2 aromatic carbocycles. The highest BCUT2D eigenvalue weighted by Gasteiger charge is 2.16. The van der Waals surface area contributed by atoms with Crippen LogP contribution in [0.1, 0.15) is 0 Å². The fourth-order valence-electron chi connectivity index (χ4n) is 2.83. The van der Waals surface area contributed by atoms with E-state index >= 15 is 0 Å². The van der Waals surface area contributed by atoms with E-state index in [0.717, 1.165) is 21.2 Å². The second-order valence-electron chi connectivity index (χ2n) is 5.28. The van der Waals surface area contributed by atoms with E-state index in [4.69, 9.17) is 4.98 Å². The SMILES string of the molecule is O=c1c2sc3ccccc3c2nc2c(-c3ccccc3)n[nH]n12. The van der Waals surface area contributed by atoms with E-state index in [2.05, 4.69) is 10.3 Å². The third-order valence-corrected chi connectivity index (χ3v) is 5.06. The molecule has 3 heterocycles. The summed E-state index contributed by atoms with van der Waals surface area (Å²) in [5, 5.41) is 8.09. The van der Waals surface area contributed by atoms with Crippen LogP contribution in [0.2, 0.25) is 0 Å². The van der Waals surface area contributed by atoms with Gasteiger partial charge in [-0.3, -0.25) is 4.79 Å². The van der Waals surface area contributed by atoms with Crippen LogP contribution in [0.15, 0.2) is 59.4 Å². The molecule has 0 saturated carbocycles. The minimum atomic E-state index is -0.110. The Morgan fingerprint density at radius 3 is 2.65 bits per heavy atom. The van der Waals surface area contributed by atoms with Gasteiger partial charge in [-0.1, -0.05) is 48.5 Å². The molecule has 0 saturated heterocycles. The van der Waals surface area contributed by atoms with Crippen molar-refractivity contribution in [3.63, 3.8) is 0 Å². The van der Waals surface area contributed by atoms with Crippen molar-refractivity contribution in [3.05, 3.63) is 65.0 Å². The highest BCUT2D eigenvalue weighted by molar-refractivity contribution is 7.25. The molecule has 5 aromatic rings. The third kappa shape index (κ3) is 1.69. The Kier molecular flexibility index (Phi) is 2.46. The van der Waals surface area contributed by atoms with Crippen LogP contribution in [0, 0.1) is 0 Å². The molecule has 23 heavy (non-hydrogen) atoms. The normalized spacial score (nSPS) is 11.7. The minimum absolute atomic E-state index is 0.110. The Hall–Kier alpha value is -2.99. The van der Waals surface area contributed by atoms with Gasteiger partial charge in [0, 0.05) is 15.6 Å². The number of hydrogen-bond acceptors (Lipinski definition) is 4. The first kappa shape index (κ1) is 12.5. The second-order valence-corrected chi connectivity index (χ2v) is 6.33. The van der Waals surface area contributed by atoms with Crippen molar-refractivity contribution in [1.29, 1.82) is 0 Å². The Bertz CT molecular complexity index is 1230. The quantitative estimate of drug-likeness (QED) is 0.515. The smallest absolute Gasteiger partial charge is 0.266 e. The van der Waals surface area contributed by atoms with Crippen molar-refractivity contribution < 1.29 is 0 Å². The first-order valence-corrected chi connectivity index (χ1v) is 7.98. The van der Waals surface area contributed by atoms with E-state index in [1.165, 1.54) is 15.9 Å². The predicted octanol–water partition coefficient (Wildman–Crippen LogP) is 3.45.